The third-order valence-electron chi connectivity index (χ3n) is 5.42. The van der Waals surface area contributed by atoms with Crippen LogP contribution in [0.1, 0.15) is 36.0 Å². The number of likely N-dealkylation sites (tertiary alicyclic amines) is 1. The number of para-hydroxylation sites is 1. The van der Waals surface area contributed by atoms with Crippen LogP contribution in [0.5, 0.6) is 0 Å². The predicted molar refractivity (Wildman–Crippen MR) is 117 cm³/mol. The van der Waals surface area contributed by atoms with Gasteiger partial charge in [-0.1, -0.05) is 6.07 Å². The third-order valence-corrected chi connectivity index (χ3v) is 5.42. The van der Waals surface area contributed by atoms with Crippen LogP contribution in [0.3, 0.4) is 0 Å². The molecule has 168 valence electrons. The maximum atomic E-state index is 13.7. The number of carbonyl (C=O) groups excluding carboxylic acids is 1. The number of halogens is 2. The minimum absolute atomic E-state index is 0.0780. The van der Waals surface area contributed by atoms with E-state index in [0.717, 1.165) is 36.4 Å². The fourth-order valence-corrected chi connectivity index (χ4v) is 3.86. The van der Waals surface area contributed by atoms with Gasteiger partial charge in [0, 0.05) is 29.4 Å². The molecule has 32 heavy (non-hydrogen) atoms. The van der Waals surface area contributed by atoms with E-state index < -0.39 is 23.2 Å². The van der Waals surface area contributed by atoms with Crippen LogP contribution in [0.2, 0.25) is 0 Å². The van der Waals surface area contributed by atoms with Crippen molar-refractivity contribution in [2.75, 3.05) is 30.3 Å². The van der Waals surface area contributed by atoms with Gasteiger partial charge in [0.15, 0.2) is 5.82 Å². The zero-order chi connectivity index (χ0) is 22.7. The monoisotopic (exact) mass is 441 g/mol. The van der Waals surface area contributed by atoms with Crippen molar-refractivity contribution in [2.45, 2.75) is 32.6 Å². The van der Waals surface area contributed by atoms with Crippen molar-refractivity contribution in [1.29, 1.82) is 0 Å². The van der Waals surface area contributed by atoms with Gasteiger partial charge < -0.3 is 10.6 Å². The number of rotatable bonds is 6. The molecule has 4 rings (SSSR count). The van der Waals surface area contributed by atoms with E-state index in [1.807, 2.05) is 30.9 Å². The molecule has 3 N–H and O–H groups in total. The molecule has 1 fully saturated rings. The second-order valence-corrected chi connectivity index (χ2v) is 7.98. The Morgan fingerprint density at radius 1 is 1.12 bits per heavy atom. The first-order valence-corrected chi connectivity index (χ1v) is 10.5. The van der Waals surface area contributed by atoms with Crippen molar-refractivity contribution in [3.8, 4) is 0 Å². The van der Waals surface area contributed by atoms with Crippen molar-refractivity contribution in [2.24, 2.45) is 0 Å². The first-order chi connectivity index (χ1) is 15.4. The fourth-order valence-electron chi connectivity index (χ4n) is 3.86. The van der Waals surface area contributed by atoms with Crippen LogP contribution in [-0.4, -0.2) is 50.6 Å². The van der Waals surface area contributed by atoms with Gasteiger partial charge in [0.05, 0.1) is 6.54 Å². The van der Waals surface area contributed by atoms with E-state index in [4.69, 9.17) is 0 Å². The molecular formula is C22H25F2N7O. The van der Waals surface area contributed by atoms with E-state index in [0.29, 0.717) is 30.5 Å². The number of nitrogens with one attached hydrogen (secondary N) is 3. The Morgan fingerprint density at radius 2 is 1.84 bits per heavy atom. The summed E-state index contributed by atoms with van der Waals surface area (Å²) in [5, 5.41) is 12.6. The summed E-state index contributed by atoms with van der Waals surface area (Å²) in [4.78, 5) is 23.3. The van der Waals surface area contributed by atoms with Crippen LogP contribution in [-0.2, 0) is 4.79 Å². The highest BCUT2D eigenvalue weighted by atomic mass is 19.1. The molecule has 0 spiro atoms. The molecule has 0 radical (unpaired) electrons. The van der Waals surface area contributed by atoms with Crippen molar-refractivity contribution in [1.82, 2.24) is 25.1 Å². The molecule has 0 aliphatic carbocycles. The summed E-state index contributed by atoms with van der Waals surface area (Å²) in [6.45, 7) is 5.22. The SMILES string of the molecule is Cc1nc(Nc2cc(C)[nH]n2)cc(C2CCN(CC(=O)Nc3c(F)cccc3F)CC2)n1. The molecule has 1 aliphatic rings. The lowest BCUT2D eigenvalue weighted by Crippen LogP contribution is -2.39. The molecule has 8 nitrogen and oxygen atoms in total. The van der Waals surface area contributed by atoms with Crippen molar-refractivity contribution in [3.05, 3.63) is 59.2 Å². The molecule has 0 bridgehead atoms. The number of aromatic amines is 1. The predicted octanol–water partition coefficient (Wildman–Crippen LogP) is 3.66. The van der Waals surface area contributed by atoms with Gasteiger partial charge in [0.2, 0.25) is 5.91 Å². The van der Waals surface area contributed by atoms with E-state index in [1.54, 1.807) is 0 Å². The Labute approximate surface area is 184 Å². The normalized spacial score (nSPS) is 15.0. The number of amides is 1. The Morgan fingerprint density at radius 3 is 2.50 bits per heavy atom. The molecule has 3 aromatic rings. The number of hydrogen-bond donors (Lipinski definition) is 3. The summed E-state index contributed by atoms with van der Waals surface area (Å²) >= 11 is 0. The summed E-state index contributed by atoms with van der Waals surface area (Å²) in [5.41, 5.74) is 1.49. The smallest absolute Gasteiger partial charge is 0.238 e. The number of benzene rings is 1. The maximum absolute atomic E-state index is 13.7. The van der Waals surface area contributed by atoms with Gasteiger partial charge >= 0.3 is 0 Å². The summed E-state index contributed by atoms with van der Waals surface area (Å²) in [5.74, 6) is 0.279. The Kier molecular flexibility index (Phi) is 6.40. The lowest BCUT2D eigenvalue weighted by molar-refractivity contribution is -0.117. The van der Waals surface area contributed by atoms with Crippen LogP contribution in [0.4, 0.5) is 26.1 Å². The molecule has 1 saturated heterocycles. The number of piperidine rings is 1. The lowest BCUT2D eigenvalue weighted by atomic mass is 9.93. The van der Waals surface area contributed by atoms with E-state index >= 15 is 0 Å². The van der Waals surface area contributed by atoms with Crippen molar-refractivity contribution in [3.63, 3.8) is 0 Å². The van der Waals surface area contributed by atoms with Crippen LogP contribution < -0.4 is 10.6 Å². The first kappa shape index (κ1) is 21.8. The highest BCUT2D eigenvalue weighted by Crippen LogP contribution is 2.28. The number of hydrogen-bond acceptors (Lipinski definition) is 6. The molecular weight excluding hydrogens is 416 g/mol. The summed E-state index contributed by atoms with van der Waals surface area (Å²) in [6.07, 6.45) is 1.64. The largest absolute Gasteiger partial charge is 0.323 e. The number of aromatic nitrogens is 4. The second kappa shape index (κ2) is 9.39. The molecule has 3 heterocycles. The van der Waals surface area contributed by atoms with E-state index in [9.17, 15) is 13.6 Å². The summed E-state index contributed by atoms with van der Waals surface area (Å²) < 4.78 is 27.5. The molecule has 1 aromatic carbocycles. The summed E-state index contributed by atoms with van der Waals surface area (Å²) in [6, 6.07) is 7.32. The first-order valence-electron chi connectivity index (χ1n) is 10.5. The Hall–Kier alpha value is -3.40. The van der Waals surface area contributed by atoms with Crippen LogP contribution >= 0.6 is 0 Å². The minimum Gasteiger partial charge on any atom is -0.323 e. The number of anilines is 3. The van der Waals surface area contributed by atoms with Gasteiger partial charge in [-0.25, -0.2) is 18.7 Å². The quantitative estimate of drug-likeness (QED) is 0.540. The topological polar surface area (TPSA) is 98.8 Å². The van der Waals surface area contributed by atoms with Crippen LogP contribution in [0, 0.1) is 25.5 Å². The molecule has 0 atom stereocenters. The van der Waals surface area contributed by atoms with Gasteiger partial charge in [-0.05, 0) is 51.9 Å². The molecule has 1 amide bonds. The maximum Gasteiger partial charge on any atom is 0.238 e. The minimum atomic E-state index is -0.786. The van der Waals surface area contributed by atoms with Gasteiger partial charge in [0.1, 0.15) is 29.0 Å². The van der Waals surface area contributed by atoms with Gasteiger partial charge in [0.25, 0.3) is 0 Å². The highest BCUT2D eigenvalue weighted by molar-refractivity contribution is 5.92. The standard InChI is InChI=1S/C22H25F2N7O/c1-13-10-20(30-29-13)27-19-11-18(25-14(2)26-19)15-6-8-31(9-7-15)12-21(32)28-22-16(23)4-3-5-17(22)24/h3-5,10-11,15H,6-9,12H2,1-2H3,(H,28,32)(H2,25,26,27,29,30). The van der Waals surface area contributed by atoms with Crippen LogP contribution in [0.25, 0.3) is 0 Å². The number of carbonyl (C=O) groups is 1. The Balaban J connectivity index is 1.34. The molecule has 0 unspecified atom stereocenters. The van der Waals surface area contributed by atoms with Gasteiger partial charge in [-0.15, -0.1) is 0 Å². The van der Waals surface area contributed by atoms with Crippen molar-refractivity contribution < 1.29 is 13.6 Å². The van der Waals surface area contributed by atoms with E-state index in [1.165, 1.54) is 6.07 Å². The molecule has 10 heteroatoms. The van der Waals surface area contributed by atoms with Crippen LogP contribution in [0.15, 0.2) is 30.3 Å². The second-order valence-electron chi connectivity index (χ2n) is 7.98. The number of aryl methyl sites for hydroxylation is 2. The molecule has 2 aromatic heterocycles. The number of H-pyrrole nitrogens is 1. The zero-order valence-electron chi connectivity index (χ0n) is 18.0. The lowest BCUT2D eigenvalue weighted by Gasteiger charge is -2.31. The average Bonchev–Trinajstić information content (AvgIpc) is 3.15. The fraction of sp³-hybridized carbons (Fsp3) is 0.364. The van der Waals surface area contributed by atoms with E-state index in [-0.39, 0.29) is 12.5 Å². The van der Waals surface area contributed by atoms with Crippen molar-refractivity contribution >= 4 is 23.2 Å². The Bertz CT molecular complexity index is 1090. The van der Waals surface area contributed by atoms with Gasteiger partial charge in [-0.3, -0.25) is 14.8 Å². The third kappa shape index (κ3) is 5.25. The molecule has 0 saturated carbocycles. The van der Waals surface area contributed by atoms with E-state index in [2.05, 4.69) is 30.8 Å². The summed E-state index contributed by atoms with van der Waals surface area (Å²) in [7, 11) is 0. The highest BCUT2D eigenvalue weighted by Gasteiger charge is 2.24. The average molecular weight is 441 g/mol. The zero-order valence-corrected chi connectivity index (χ0v) is 18.0. The van der Waals surface area contributed by atoms with Gasteiger partial charge in [-0.2, -0.15) is 5.10 Å². The number of nitrogens with zero attached hydrogens (tertiary/aromatic N) is 4. The molecule has 1 aliphatic heterocycles.